The van der Waals surface area contributed by atoms with Gasteiger partial charge in [0.1, 0.15) is 6.10 Å². The second kappa shape index (κ2) is 8.09. The highest BCUT2D eigenvalue weighted by atomic mass is 32.2. The van der Waals surface area contributed by atoms with Crippen molar-refractivity contribution < 1.29 is 17.9 Å². The quantitative estimate of drug-likeness (QED) is 0.841. The predicted molar refractivity (Wildman–Crippen MR) is 92.7 cm³/mol. The van der Waals surface area contributed by atoms with Crippen molar-refractivity contribution in [3.05, 3.63) is 35.9 Å². The van der Waals surface area contributed by atoms with E-state index < -0.39 is 10.0 Å². The number of rotatable bonds is 6. The maximum Gasteiger partial charge on any atom is 0.222 e. The van der Waals surface area contributed by atoms with Crippen LogP contribution in [0.4, 0.5) is 0 Å². The topological polar surface area (TPSA) is 89.7 Å². The molecule has 1 heterocycles. The molecule has 1 amide bonds. The first-order valence-electron chi connectivity index (χ1n) is 8.25. The van der Waals surface area contributed by atoms with E-state index >= 15 is 0 Å². The SMILES string of the molecule is CC(C)[C@H]1CN(C(=O)CCCS(N)(=O)=O)C[C@@H](c2ccccc2)O1. The van der Waals surface area contributed by atoms with Gasteiger partial charge in [0.25, 0.3) is 0 Å². The third-order valence-electron chi connectivity index (χ3n) is 4.21. The van der Waals surface area contributed by atoms with E-state index in [1.54, 1.807) is 4.90 Å². The average molecular weight is 354 g/mol. The summed E-state index contributed by atoms with van der Waals surface area (Å²) in [7, 11) is -3.52. The number of primary sulfonamides is 1. The number of nitrogens with zero attached hydrogens (tertiary/aromatic N) is 1. The molecule has 1 aromatic carbocycles. The Bertz CT molecular complexity index is 646. The van der Waals surface area contributed by atoms with Gasteiger partial charge in [0.15, 0.2) is 0 Å². The standard InChI is InChI=1S/C17H26N2O4S/c1-13(2)15-11-19(17(20)9-6-10-24(18,21)22)12-16(23-15)14-7-4-3-5-8-14/h3-5,7-8,13,15-16H,6,9-12H2,1-2H3,(H2,18,21,22)/t15-,16+/m1/s1. The number of ether oxygens (including phenoxy) is 1. The number of hydrogen-bond donors (Lipinski definition) is 1. The van der Waals surface area contributed by atoms with Crippen molar-refractivity contribution in [3.63, 3.8) is 0 Å². The molecule has 0 bridgehead atoms. The summed E-state index contributed by atoms with van der Waals surface area (Å²) in [6, 6.07) is 9.85. The molecule has 1 aliphatic rings. The fraction of sp³-hybridized carbons (Fsp3) is 0.588. The number of amides is 1. The zero-order chi connectivity index (χ0) is 17.7. The molecule has 24 heavy (non-hydrogen) atoms. The predicted octanol–water partition coefficient (Wildman–Crippen LogP) is 1.68. The van der Waals surface area contributed by atoms with Crippen LogP contribution in [0.2, 0.25) is 0 Å². The second-order valence-electron chi connectivity index (χ2n) is 6.59. The Hall–Kier alpha value is -1.44. The van der Waals surface area contributed by atoms with E-state index in [-0.39, 0.29) is 42.6 Å². The zero-order valence-electron chi connectivity index (χ0n) is 14.2. The van der Waals surface area contributed by atoms with Crippen LogP contribution in [0, 0.1) is 5.92 Å². The maximum atomic E-state index is 12.5. The number of benzene rings is 1. The highest BCUT2D eigenvalue weighted by Crippen LogP contribution is 2.28. The number of carbonyl (C=O) groups is 1. The Morgan fingerprint density at radius 2 is 1.96 bits per heavy atom. The molecule has 0 unspecified atom stereocenters. The van der Waals surface area contributed by atoms with Gasteiger partial charge in [0, 0.05) is 13.0 Å². The lowest BCUT2D eigenvalue weighted by Crippen LogP contribution is -2.48. The molecule has 1 aromatic rings. The zero-order valence-corrected chi connectivity index (χ0v) is 15.0. The molecule has 1 saturated heterocycles. The molecule has 6 nitrogen and oxygen atoms in total. The van der Waals surface area contributed by atoms with Gasteiger partial charge in [0.05, 0.1) is 18.4 Å². The monoisotopic (exact) mass is 354 g/mol. The van der Waals surface area contributed by atoms with Crippen LogP contribution in [-0.4, -0.2) is 44.2 Å². The van der Waals surface area contributed by atoms with E-state index in [1.165, 1.54) is 0 Å². The van der Waals surface area contributed by atoms with Crippen LogP contribution < -0.4 is 5.14 Å². The Kier molecular flexibility index (Phi) is 6.37. The summed E-state index contributed by atoms with van der Waals surface area (Å²) in [4.78, 5) is 14.3. The molecule has 0 saturated carbocycles. The lowest BCUT2D eigenvalue weighted by atomic mass is 10.0. The van der Waals surface area contributed by atoms with Gasteiger partial charge in [-0.3, -0.25) is 4.79 Å². The van der Waals surface area contributed by atoms with E-state index in [4.69, 9.17) is 9.88 Å². The van der Waals surface area contributed by atoms with E-state index in [0.717, 1.165) is 5.56 Å². The second-order valence-corrected chi connectivity index (χ2v) is 8.32. The largest absolute Gasteiger partial charge is 0.366 e. The van der Waals surface area contributed by atoms with Crippen molar-refractivity contribution in [2.45, 2.75) is 38.9 Å². The van der Waals surface area contributed by atoms with Gasteiger partial charge >= 0.3 is 0 Å². The normalized spacial score (nSPS) is 21.9. The molecule has 0 aliphatic carbocycles. The minimum Gasteiger partial charge on any atom is -0.366 e. The Morgan fingerprint density at radius 1 is 1.29 bits per heavy atom. The van der Waals surface area contributed by atoms with Crippen molar-refractivity contribution in [2.24, 2.45) is 11.1 Å². The number of sulfonamides is 1. The summed E-state index contributed by atoms with van der Waals surface area (Å²) in [5.41, 5.74) is 1.05. The van der Waals surface area contributed by atoms with Gasteiger partial charge < -0.3 is 9.64 Å². The van der Waals surface area contributed by atoms with E-state index in [2.05, 4.69) is 13.8 Å². The lowest BCUT2D eigenvalue weighted by molar-refractivity contribution is -0.150. The summed E-state index contributed by atoms with van der Waals surface area (Å²) in [5.74, 6) is 0.0727. The molecular formula is C17H26N2O4S. The molecule has 134 valence electrons. The van der Waals surface area contributed by atoms with E-state index in [0.29, 0.717) is 13.1 Å². The molecule has 0 spiro atoms. The fourth-order valence-corrected chi connectivity index (χ4v) is 3.34. The van der Waals surface area contributed by atoms with Crippen LogP contribution in [0.5, 0.6) is 0 Å². The first-order valence-corrected chi connectivity index (χ1v) is 9.96. The van der Waals surface area contributed by atoms with Crippen LogP contribution >= 0.6 is 0 Å². The van der Waals surface area contributed by atoms with Crippen LogP contribution in [0.15, 0.2) is 30.3 Å². The number of hydrogen-bond acceptors (Lipinski definition) is 4. The van der Waals surface area contributed by atoms with Crippen molar-refractivity contribution in [2.75, 3.05) is 18.8 Å². The Labute approximate surface area is 144 Å². The van der Waals surface area contributed by atoms with Gasteiger partial charge in [0.2, 0.25) is 15.9 Å². The van der Waals surface area contributed by atoms with Gasteiger partial charge in [-0.2, -0.15) is 0 Å². The molecule has 0 aromatic heterocycles. The number of nitrogens with two attached hydrogens (primary N) is 1. The third-order valence-corrected chi connectivity index (χ3v) is 5.07. The van der Waals surface area contributed by atoms with E-state index in [9.17, 15) is 13.2 Å². The molecule has 2 atom stereocenters. The van der Waals surface area contributed by atoms with E-state index in [1.807, 2.05) is 30.3 Å². The smallest absolute Gasteiger partial charge is 0.222 e. The van der Waals surface area contributed by atoms with Crippen molar-refractivity contribution in [3.8, 4) is 0 Å². The van der Waals surface area contributed by atoms with Crippen LogP contribution in [0.25, 0.3) is 0 Å². The third kappa shape index (κ3) is 5.58. The minimum absolute atomic E-state index is 0.0360. The van der Waals surface area contributed by atoms with Crippen molar-refractivity contribution in [1.29, 1.82) is 0 Å². The van der Waals surface area contributed by atoms with Crippen molar-refractivity contribution in [1.82, 2.24) is 4.90 Å². The van der Waals surface area contributed by atoms with Crippen LogP contribution in [-0.2, 0) is 19.6 Å². The van der Waals surface area contributed by atoms with Gasteiger partial charge in [-0.25, -0.2) is 13.6 Å². The number of carbonyl (C=O) groups excluding carboxylic acids is 1. The fourth-order valence-electron chi connectivity index (χ4n) is 2.79. The summed E-state index contributed by atoms with van der Waals surface area (Å²) in [5, 5.41) is 4.99. The molecule has 2 rings (SSSR count). The summed E-state index contributed by atoms with van der Waals surface area (Å²) in [6.07, 6.45) is 0.237. The van der Waals surface area contributed by atoms with Gasteiger partial charge in [-0.1, -0.05) is 44.2 Å². The first kappa shape index (κ1) is 18.9. The van der Waals surface area contributed by atoms with Gasteiger partial charge in [-0.05, 0) is 17.9 Å². The molecular weight excluding hydrogens is 328 g/mol. The summed E-state index contributed by atoms with van der Waals surface area (Å²) >= 11 is 0. The van der Waals surface area contributed by atoms with Crippen LogP contribution in [0.3, 0.4) is 0 Å². The average Bonchev–Trinajstić information content (AvgIpc) is 2.54. The molecule has 1 fully saturated rings. The van der Waals surface area contributed by atoms with Gasteiger partial charge in [-0.15, -0.1) is 0 Å². The lowest BCUT2D eigenvalue weighted by Gasteiger charge is -2.40. The first-order chi connectivity index (χ1) is 11.3. The Balaban J connectivity index is 2.03. The minimum atomic E-state index is -3.52. The Morgan fingerprint density at radius 3 is 2.54 bits per heavy atom. The highest BCUT2D eigenvalue weighted by molar-refractivity contribution is 7.89. The molecule has 0 radical (unpaired) electrons. The maximum absolute atomic E-state index is 12.5. The molecule has 7 heteroatoms. The summed E-state index contributed by atoms with van der Waals surface area (Å²) < 4.78 is 28.2. The molecule has 1 aliphatic heterocycles. The molecule has 2 N–H and O–H groups in total. The van der Waals surface area contributed by atoms with Crippen LogP contribution in [0.1, 0.15) is 38.4 Å². The number of morpholine rings is 1. The highest BCUT2D eigenvalue weighted by Gasteiger charge is 2.32. The van der Waals surface area contributed by atoms with Crippen molar-refractivity contribution >= 4 is 15.9 Å². The summed E-state index contributed by atoms with van der Waals surface area (Å²) in [6.45, 7) is 5.17.